The SMILES string of the molecule is COC(=O)c1nc(-c2ccc(Cl)c(OC)c2F)cc(N)c1Cl. The van der Waals surface area contributed by atoms with Crippen LogP contribution in [0.25, 0.3) is 11.3 Å². The zero-order valence-corrected chi connectivity index (χ0v) is 13.1. The molecule has 0 aliphatic carbocycles. The average molecular weight is 345 g/mol. The van der Waals surface area contributed by atoms with Crippen LogP contribution in [0.3, 0.4) is 0 Å². The molecule has 0 unspecified atom stereocenters. The van der Waals surface area contributed by atoms with E-state index in [1.165, 1.54) is 32.4 Å². The summed E-state index contributed by atoms with van der Waals surface area (Å²) in [5.74, 6) is -1.63. The lowest BCUT2D eigenvalue weighted by Gasteiger charge is -2.11. The number of nitrogens with zero attached hydrogens (tertiary/aromatic N) is 1. The number of nitrogens with two attached hydrogens (primary N) is 1. The summed E-state index contributed by atoms with van der Waals surface area (Å²) in [6, 6.07) is 4.19. The molecule has 2 N–H and O–H groups in total. The van der Waals surface area contributed by atoms with Crippen LogP contribution < -0.4 is 10.5 Å². The number of benzene rings is 1. The van der Waals surface area contributed by atoms with E-state index in [1.807, 2.05) is 0 Å². The van der Waals surface area contributed by atoms with Gasteiger partial charge < -0.3 is 15.2 Å². The largest absolute Gasteiger partial charge is 0.492 e. The summed E-state index contributed by atoms with van der Waals surface area (Å²) >= 11 is 11.8. The summed E-state index contributed by atoms with van der Waals surface area (Å²) in [4.78, 5) is 15.7. The molecule has 0 bridgehead atoms. The van der Waals surface area contributed by atoms with E-state index in [2.05, 4.69) is 9.72 Å². The van der Waals surface area contributed by atoms with Gasteiger partial charge in [-0.1, -0.05) is 23.2 Å². The normalized spacial score (nSPS) is 10.4. The lowest BCUT2D eigenvalue weighted by atomic mass is 10.1. The Morgan fingerprint density at radius 2 is 2.00 bits per heavy atom. The zero-order valence-electron chi connectivity index (χ0n) is 11.6. The van der Waals surface area contributed by atoms with E-state index < -0.39 is 11.8 Å². The van der Waals surface area contributed by atoms with Crippen LogP contribution in [0.1, 0.15) is 10.5 Å². The zero-order chi connectivity index (χ0) is 16.4. The first-order chi connectivity index (χ1) is 10.4. The van der Waals surface area contributed by atoms with Crippen LogP contribution in [0.2, 0.25) is 10.0 Å². The summed E-state index contributed by atoms with van der Waals surface area (Å²) in [7, 11) is 2.46. The number of nitrogen functional groups attached to an aromatic ring is 1. The molecule has 8 heteroatoms. The van der Waals surface area contributed by atoms with Crippen molar-refractivity contribution in [2.75, 3.05) is 20.0 Å². The Bertz CT molecular complexity index is 753. The second-order valence-electron chi connectivity index (χ2n) is 4.19. The van der Waals surface area contributed by atoms with E-state index in [9.17, 15) is 9.18 Å². The Kier molecular flexibility index (Phi) is 4.73. The number of ether oxygens (including phenoxy) is 2. The fraction of sp³-hybridized carbons (Fsp3) is 0.143. The van der Waals surface area contributed by atoms with E-state index in [0.29, 0.717) is 0 Å². The number of pyridine rings is 1. The number of halogens is 3. The Hall–Kier alpha value is -2.05. The molecule has 1 aromatic carbocycles. The molecule has 0 radical (unpaired) electrons. The lowest BCUT2D eigenvalue weighted by molar-refractivity contribution is 0.0594. The number of anilines is 1. The maximum atomic E-state index is 14.4. The summed E-state index contributed by atoms with van der Waals surface area (Å²) in [5, 5.41) is 0.0517. The quantitative estimate of drug-likeness (QED) is 0.861. The number of hydrogen-bond donors (Lipinski definition) is 1. The van der Waals surface area contributed by atoms with Crippen LogP contribution in [0, 0.1) is 5.82 Å². The molecule has 2 aromatic rings. The minimum atomic E-state index is -0.778. The number of carbonyl (C=O) groups is 1. The highest BCUT2D eigenvalue weighted by Gasteiger charge is 2.21. The highest BCUT2D eigenvalue weighted by atomic mass is 35.5. The molecule has 0 spiro atoms. The van der Waals surface area contributed by atoms with Crippen molar-refractivity contribution in [3.05, 3.63) is 39.8 Å². The molecule has 0 saturated carbocycles. The number of esters is 1. The number of methoxy groups -OCH3 is 2. The molecule has 22 heavy (non-hydrogen) atoms. The maximum absolute atomic E-state index is 14.4. The van der Waals surface area contributed by atoms with E-state index in [1.54, 1.807) is 0 Å². The second-order valence-corrected chi connectivity index (χ2v) is 4.98. The lowest BCUT2D eigenvalue weighted by Crippen LogP contribution is -2.08. The third kappa shape index (κ3) is 2.80. The molecule has 0 atom stereocenters. The highest BCUT2D eigenvalue weighted by molar-refractivity contribution is 6.35. The molecular formula is C14H11Cl2FN2O3. The van der Waals surface area contributed by atoms with Crippen molar-refractivity contribution in [1.82, 2.24) is 4.98 Å². The number of aromatic nitrogens is 1. The maximum Gasteiger partial charge on any atom is 0.358 e. The van der Waals surface area contributed by atoms with Crippen molar-refractivity contribution in [2.45, 2.75) is 0 Å². The predicted molar refractivity (Wildman–Crippen MR) is 82.0 cm³/mol. The van der Waals surface area contributed by atoms with Gasteiger partial charge in [-0.15, -0.1) is 0 Å². The highest BCUT2D eigenvalue weighted by Crippen LogP contribution is 2.36. The van der Waals surface area contributed by atoms with Crippen molar-refractivity contribution < 1.29 is 18.7 Å². The monoisotopic (exact) mass is 344 g/mol. The van der Waals surface area contributed by atoms with Crippen LogP contribution in [0.5, 0.6) is 5.75 Å². The molecule has 0 saturated heterocycles. The van der Waals surface area contributed by atoms with E-state index in [4.69, 9.17) is 33.7 Å². The van der Waals surface area contributed by atoms with E-state index in [0.717, 1.165) is 0 Å². The van der Waals surface area contributed by atoms with Gasteiger partial charge in [-0.05, 0) is 18.2 Å². The molecule has 0 fully saturated rings. The van der Waals surface area contributed by atoms with Gasteiger partial charge in [0.25, 0.3) is 0 Å². The molecule has 5 nitrogen and oxygen atoms in total. The summed E-state index contributed by atoms with van der Waals surface area (Å²) in [5.41, 5.74) is 5.78. The molecule has 116 valence electrons. The van der Waals surface area contributed by atoms with Gasteiger partial charge in [0.2, 0.25) is 0 Å². The third-order valence-electron chi connectivity index (χ3n) is 2.89. The van der Waals surface area contributed by atoms with Crippen LogP contribution in [0.15, 0.2) is 18.2 Å². The topological polar surface area (TPSA) is 74.4 Å². The standard InChI is InChI=1S/C14H11Cl2FN2O3/c1-21-13-7(15)4-3-6(11(13)17)9-5-8(18)10(16)12(19-9)14(20)22-2/h3-5H,1-2H3,(H2,18,19). The first kappa shape index (κ1) is 16.3. The molecule has 1 heterocycles. The first-order valence-corrected chi connectivity index (χ1v) is 6.73. The minimum Gasteiger partial charge on any atom is -0.492 e. The smallest absolute Gasteiger partial charge is 0.358 e. The number of carbonyl (C=O) groups excluding carboxylic acids is 1. The Labute approximate surface area is 135 Å². The van der Waals surface area contributed by atoms with Crippen molar-refractivity contribution in [2.24, 2.45) is 0 Å². The van der Waals surface area contributed by atoms with E-state index >= 15 is 0 Å². The van der Waals surface area contributed by atoms with Gasteiger partial charge >= 0.3 is 5.97 Å². The summed E-state index contributed by atoms with van der Waals surface area (Å²) in [6.07, 6.45) is 0. The fourth-order valence-electron chi connectivity index (χ4n) is 1.84. The molecule has 0 aliphatic rings. The second kappa shape index (κ2) is 6.37. The molecule has 2 rings (SSSR count). The molecule has 0 aliphatic heterocycles. The van der Waals surface area contributed by atoms with Gasteiger partial charge in [0, 0.05) is 5.56 Å². The first-order valence-electron chi connectivity index (χ1n) is 5.97. The van der Waals surface area contributed by atoms with Gasteiger partial charge in [0.15, 0.2) is 17.3 Å². The Morgan fingerprint density at radius 3 is 2.59 bits per heavy atom. The Balaban J connectivity index is 2.69. The molecule has 1 aromatic heterocycles. The predicted octanol–water partition coefficient (Wildman–Crippen LogP) is 3.57. The van der Waals surface area contributed by atoms with Crippen LogP contribution >= 0.6 is 23.2 Å². The average Bonchev–Trinajstić information content (AvgIpc) is 2.50. The molecule has 0 amide bonds. The third-order valence-corrected chi connectivity index (χ3v) is 3.59. The van der Waals surface area contributed by atoms with Gasteiger partial charge in [-0.25, -0.2) is 14.2 Å². The number of hydrogen-bond acceptors (Lipinski definition) is 5. The summed E-state index contributed by atoms with van der Waals surface area (Å²) < 4.78 is 23.9. The van der Waals surface area contributed by atoms with Gasteiger partial charge in [0.1, 0.15) is 0 Å². The minimum absolute atomic E-state index is 0.0584. The molecular weight excluding hydrogens is 334 g/mol. The Morgan fingerprint density at radius 1 is 1.32 bits per heavy atom. The van der Waals surface area contributed by atoms with Crippen molar-refractivity contribution in [3.63, 3.8) is 0 Å². The van der Waals surface area contributed by atoms with Crippen LogP contribution in [0.4, 0.5) is 10.1 Å². The van der Waals surface area contributed by atoms with Crippen molar-refractivity contribution >= 4 is 34.9 Å². The van der Waals surface area contributed by atoms with Gasteiger partial charge in [-0.3, -0.25) is 0 Å². The van der Waals surface area contributed by atoms with Crippen molar-refractivity contribution in [3.8, 4) is 17.0 Å². The van der Waals surface area contributed by atoms with Crippen LogP contribution in [-0.2, 0) is 4.74 Å². The number of rotatable bonds is 3. The summed E-state index contributed by atoms with van der Waals surface area (Å²) in [6.45, 7) is 0. The van der Waals surface area contributed by atoms with Gasteiger partial charge in [0.05, 0.1) is 35.6 Å². The van der Waals surface area contributed by atoms with Gasteiger partial charge in [-0.2, -0.15) is 0 Å². The fourth-order valence-corrected chi connectivity index (χ4v) is 2.23. The van der Waals surface area contributed by atoms with Crippen molar-refractivity contribution in [1.29, 1.82) is 0 Å². The van der Waals surface area contributed by atoms with E-state index in [-0.39, 0.29) is 38.4 Å². The van der Waals surface area contributed by atoms with Crippen LogP contribution in [-0.4, -0.2) is 25.2 Å².